The van der Waals surface area contributed by atoms with Crippen molar-refractivity contribution in [2.45, 2.75) is 28.4 Å². The summed E-state index contributed by atoms with van der Waals surface area (Å²) in [6.45, 7) is 2.14. The SMILES string of the molecule is CCNC(=O)C1(S(=O)(=O)c2ccccc2)C(Cl)[C@H]2C=C[C@@H]1C2. The van der Waals surface area contributed by atoms with Gasteiger partial charge < -0.3 is 5.32 Å². The number of hydrogen-bond donors (Lipinski definition) is 1. The van der Waals surface area contributed by atoms with E-state index < -0.39 is 25.9 Å². The maximum Gasteiger partial charge on any atom is 0.244 e. The molecule has 2 unspecified atom stereocenters. The van der Waals surface area contributed by atoms with Gasteiger partial charge in [-0.2, -0.15) is 0 Å². The van der Waals surface area contributed by atoms with Crippen molar-refractivity contribution in [3.63, 3.8) is 0 Å². The molecule has 4 atom stereocenters. The van der Waals surface area contributed by atoms with Crippen LogP contribution in [0.15, 0.2) is 47.4 Å². The molecule has 2 aliphatic rings. The van der Waals surface area contributed by atoms with Crippen molar-refractivity contribution < 1.29 is 13.2 Å². The number of nitrogens with one attached hydrogen (secondary N) is 1. The molecule has 3 rings (SSSR count). The number of rotatable bonds is 4. The second-order valence-electron chi connectivity index (χ2n) is 5.76. The summed E-state index contributed by atoms with van der Waals surface area (Å²) in [7, 11) is -3.90. The second kappa shape index (κ2) is 5.39. The van der Waals surface area contributed by atoms with E-state index in [-0.39, 0.29) is 16.7 Å². The minimum atomic E-state index is -3.90. The summed E-state index contributed by atoms with van der Waals surface area (Å²) < 4.78 is 25.0. The van der Waals surface area contributed by atoms with Crippen molar-refractivity contribution in [1.29, 1.82) is 0 Å². The molecule has 1 fully saturated rings. The fourth-order valence-corrected chi connectivity index (χ4v) is 6.71. The van der Waals surface area contributed by atoms with E-state index in [0.717, 1.165) is 0 Å². The van der Waals surface area contributed by atoms with Gasteiger partial charge in [-0.05, 0) is 31.4 Å². The molecular formula is C16H18ClNO3S. The minimum Gasteiger partial charge on any atom is -0.355 e. The van der Waals surface area contributed by atoms with Crippen LogP contribution in [0, 0.1) is 11.8 Å². The third-order valence-corrected chi connectivity index (χ3v) is 7.96. The van der Waals surface area contributed by atoms with Gasteiger partial charge in [0.1, 0.15) is 0 Å². The Morgan fingerprint density at radius 1 is 1.32 bits per heavy atom. The summed E-state index contributed by atoms with van der Waals surface area (Å²) in [4.78, 5) is 12.9. The monoisotopic (exact) mass is 339 g/mol. The molecule has 6 heteroatoms. The molecule has 2 bridgehead atoms. The summed E-state index contributed by atoms with van der Waals surface area (Å²) in [5.74, 6) is -0.944. The highest BCUT2D eigenvalue weighted by molar-refractivity contribution is 7.93. The lowest BCUT2D eigenvalue weighted by molar-refractivity contribution is -0.124. The molecule has 1 aromatic rings. The first-order valence-electron chi connectivity index (χ1n) is 7.36. The summed E-state index contributed by atoms with van der Waals surface area (Å²) in [6, 6.07) is 8.11. The van der Waals surface area contributed by atoms with Gasteiger partial charge in [-0.25, -0.2) is 8.42 Å². The van der Waals surface area contributed by atoms with Gasteiger partial charge in [0.05, 0.1) is 10.3 Å². The van der Waals surface area contributed by atoms with Gasteiger partial charge in [0.15, 0.2) is 14.6 Å². The number of alkyl halides is 1. The normalized spacial score (nSPS) is 33.1. The van der Waals surface area contributed by atoms with Crippen LogP contribution in [0.3, 0.4) is 0 Å². The van der Waals surface area contributed by atoms with E-state index in [2.05, 4.69) is 5.32 Å². The predicted molar refractivity (Wildman–Crippen MR) is 85.4 cm³/mol. The predicted octanol–water partition coefficient (Wildman–Crippen LogP) is 2.15. The fraction of sp³-hybridized carbons (Fsp3) is 0.438. The Bertz CT molecular complexity index is 716. The maximum absolute atomic E-state index is 13.3. The molecule has 1 amide bonds. The molecule has 4 nitrogen and oxygen atoms in total. The maximum atomic E-state index is 13.3. The lowest BCUT2D eigenvalue weighted by Crippen LogP contribution is -2.60. The Kier molecular flexibility index (Phi) is 3.81. The van der Waals surface area contributed by atoms with Crippen molar-refractivity contribution in [2.24, 2.45) is 11.8 Å². The smallest absolute Gasteiger partial charge is 0.244 e. The Hall–Kier alpha value is -1.33. The molecule has 0 saturated heterocycles. The van der Waals surface area contributed by atoms with Gasteiger partial charge in [-0.3, -0.25) is 4.79 Å². The van der Waals surface area contributed by atoms with Gasteiger partial charge in [-0.1, -0.05) is 30.4 Å². The van der Waals surface area contributed by atoms with E-state index in [1.54, 1.807) is 25.1 Å². The van der Waals surface area contributed by atoms with Crippen molar-refractivity contribution >= 4 is 27.3 Å². The molecule has 1 saturated carbocycles. The summed E-state index contributed by atoms with van der Waals surface area (Å²) in [5, 5.41) is 1.93. The van der Waals surface area contributed by atoms with Crippen LogP contribution in [0.4, 0.5) is 0 Å². The Labute approximate surface area is 135 Å². The molecule has 0 aliphatic heterocycles. The topological polar surface area (TPSA) is 63.2 Å². The van der Waals surface area contributed by atoms with E-state index in [1.807, 2.05) is 12.2 Å². The highest BCUT2D eigenvalue weighted by Crippen LogP contribution is 2.55. The van der Waals surface area contributed by atoms with Crippen LogP contribution in [0.5, 0.6) is 0 Å². The number of halogens is 1. The first-order chi connectivity index (χ1) is 10.5. The first-order valence-corrected chi connectivity index (χ1v) is 9.28. The van der Waals surface area contributed by atoms with Crippen molar-refractivity contribution in [1.82, 2.24) is 5.32 Å². The van der Waals surface area contributed by atoms with Gasteiger partial charge >= 0.3 is 0 Å². The zero-order valence-electron chi connectivity index (χ0n) is 12.2. The summed E-state index contributed by atoms with van der Waals surface area (Å²) in [5.41, 5.74) is 0. The van der Waals surface area contributed by atoms with Crippen LogP contribution in [0.25, 0.3) is 0 Å². The molecule has 22 heavy (non-hydrogen) atoms. The average Bonchev–Trinajstić information content (AvgIpc) is 3.08. The quantitative estimate of drug-likeness (QED) is 0.675. The van der Waals surface area contributed by atoms with E-state index in [4.69, 9.17) is 11.6 Å². The van der Waals surface area contributed by atoms with Crippen molar-refractivity contribution in [2.75, 3.05) is 6.54 Å². The molecule has 1 aromatic carbocycles. The molecule has 118 valence electrons. The summed E-state index contributed by atoms with van der Waals surface area (Å²) in [6.07, 6.45) is 4.37. The van der Waals surface area contributed by atoms with Crippen LogP contribution >= 0.6 is 11.6 Å². The number of allylic oxidation sites excluding steroid dienone is 2. The van der Waals surface area contributed by atoms with Crippen molar-refractivity contribution in [3.8, 4) is 0 Å². The Morgan fingerprint density at radius 3 is 2.55 bits per heavy atom. The molecule has 0 heterocycles. The van der Waals surface area contributed by atoms with Gasteiger partial charge in [0, 0.05) is 12.5 Å². The standard InChI is InChI=1S/C16H18ClNO3S/c1-2-18-15(19)16(12-9-8-11(10-12)14(16)17)22(20,21)13-6-4-3-5-7-13/h3-9,11-12,14H,2,10H2,1H3,(H,18,19)/t11-,12+,14?,16?/m0/s1. The van der Waals surface area contributed by atoms with Gasteiger partial charge in [0.2, 0.25) is 5.91 Å². The van der Waals surface area contributed by atoms with Crippen LogP contribution in [0.2, 0.25) is 0 Å². The highest BCUT2D eigenvalue weighted by atomic mass is 35.5. The zero-order chi connectivity index (χ0) is 16.0. The minimum absolute atomic E-state index is 0.0761. The van der Waals surface area contributed by atoms with Crippen LogP contribution in [0.1, 0.15) is 13.3 Å². The average molecular weight is 340 g/mol. The third kappa shape index (κ3) is 1.88. The molecule has 0 spiro atoms. The Balaban J connectivity index is 2.20. The molecule has 0 aromatic heterocycles. The zero-order valence-corrected chi connectivity index (χ0v) is 13.8. The summed E-state index contributed by atoms with van der Waals surface area (Å²) >= 11 is 6.51. The van der Waals surface area contributed by atoms with Crippen molar-refractivity contribution in [3.05, 3.63) is 42.5 Å². The van der Waals surface area contributed by atoms with Crippen LogP contribution < -0.4 is 5.32 Å². The lowest BCUT2D eigenvalue weighted by Gasteiger charge is -2.36. The van der Waals surface area contributed by atoms with Crippen LogP contribution in [-0.2, 0) is 14.6 Å². The molecule has 0 radical (unpaired) electrons. The molecule has 1 N–H and O–H groups in total. The number of carbonyl (C=O) groups is 1. The van der Waals surface area contributed by atoms with Gasteiger partial charge in [-0.15, -0.1) is 11.6 Å². The number of carbonyl (C=O) groups excluding carboxylic acids is 1. The van der Waals surface area contributed by atoms with E-state index in [1.165, 1.54) is 12.1 Å². The van der Waals surface area contributed by atoms with Gasteiger partial charge in [0.25, 0.3) is 0 Å². The number of hydrogen-bond acceptors (Lipinski definition) is 3. The second-order valence-corrected chi connectivity index (χ2v) is 8.39. The van der Waals surface area contributed by atoms with E-state index in [0.29, 0.717) is 13.0 Å². The highest BCUT2D eigenvalue weighted by Gasteiger charge is 2.67. The fourth-order valence-electron chi connectivity index (χ4n) is 3.64. The molecular weight excluding hydrogens is 322 g/mol. The third-order valence-electron chi connectivity index (χ3n) is 4.64. The van der Waals surface area contributed by atoms with Crippen LogP contribution in [-0.4, -0.2) is 31.0 Å². The van der Waals surface area contributed by atoms with E-state index in [9.17, 15) is 13.2 Å². The molecule has 2 aliphatic carbocycles. The number of benzene rings is 1. The Morgan fingerprint density at radius 2 is 2.00 bits per heavy atom. The lowest BCUT2D eigenvalue weighted by atomic mass is 9.91. The number of sulfone groups is 1. The number of fused-ring (bicyclic) bond motifs is 2. The van der Waals surface area contributed by atoms with E-state index >= 15 is 0 Å². The largest absolute Gasteiger partial charge is 0.355 e. The first kappa shape index (κ1) is 15.6. The number of amides is 1.